The van der Waals surface area contributed by atoms with E-state index in [0.29, 0.717) is 27.9 Å². The Morgan fingerprint density at radius 2 is 1.63 bits per heavy atom. The molecule has 1 N–H and O–H groups in total. The molecular weight excluding hydrogens is 615 g/mol. The van der Waals surface area contributed by atoms with Crippen LogP contribution in [0.1, 0.15) is 11.0 Å². The number of hydrogen-bond donors (Lipinski definition) is 1. The van der Waals surface area contributed by atoms with Crippen LogP contribution < -0.4 is 0 Å². The number of nitrogens with zero attached hydrogens (tertiary/aromatic N) is 2. The molecule has 0 saturated heterocycles. The van der Waals surface area contributed by atoms with E-state index >= 15 is 0 Å². The van der Waals surface area contributed by atoms with Crippen molar-refractivity contribution in [3.8, 4) is 50.7 Å². The van der Waals surface area contributed by atoms with E-state index in [1.807, 2.05) is 0 Å². The van der Waals surface area contributed by atoms with E-state index in [0.717, 1.165) is 0 Å². The summed E-state index contributed by atoms with van der Waals surface area (Å²) in [4.78, 5) is 8.91. The molecule has 5 heteroatoms. The molecule has 0 unspecified atom stereocenters. The number of phenolic OH excluding ortho intramolecular Hbond substituents is 1. The van der Waals surface area contributed by atoms with E-state index in [9.17, 15) is 5.11 Å². The average Bonchev–Trinajstić information content (AvgIpc) is 3.43. The Kier molecular flexibility index (Phi) is 4.18. The Labute approximate surface area is 228 Å². The fourth-order valence-electron chi connectivity index (χ4n) is 3.64. The zero-order valence-corrected chi connectivity index (χ0v) is 20.1. The molecule has 0 amide bonds. The number of benzene rings is 4. The molecule has 0 aliphatic carbocycles. The Bertz CT molecular complexity index is 2040. The topological polar surface area (TPSA) is 59.2 Å². The van der Waals surface area contributed by atoms with Gasteiger partial charge in [0.15, 0.2) is 0 Å². The van der Waals surface area contributed by atoms with Crippen molar-refractivity contribution in [3.63, 3.8) is 0 Å². The molecule has 6 rings (SSSR count). The van der Waals surface area contributed by atoms with Crippen LogP contribution in [0, 0.1) is 6.07 Å². The summed E-state index contributed by atoms with van der Waals surface area (Å²) in [5, 5.41) is 10.3. The third-order valence-electron chi connectivity index (χ3n) is 5.25. The van der Waals surface area contributed by atoms with Gasteiger partial charge in [0.1, 0.15) is 11.3 Å². The molecular formula is C30H19N2O2Pt-. The minimum absolute atomic E-state index is 0. The van der Waals surface area contributed by atoms with Crippen molar-refractivity contribution < 1.29 is 41.6 Å². The zero-order valence-electron chi connectivity index (χ0n) is 25.8. The predicted octanol–water partition coefficient (Wildman–Crippen LogP) is 7.39. The number of pyridine rings is 1. The van der Waals surface area contributed by atoms with E-state index < -0.39 is 18.1 Å². The van der Waals surface area contributed by atoms with E-state index in [4.69, 9.17) is 15.4 Å². The number of rotatable bonds is 4. The maximum Gasteiger partial charge on any atom is 0.230 e. The monoisotopic (exact) mass is 642 g/mol. The van der Waals surface area contributed by atoms with Crippen molar-refractivity contribution in [2.24, 2.45) is 0 Å². The number of aromatic hydroxyl groups is 1. The summed E-state index contributed by atoms with van der Waals surface area (Å²) >= 11 is 0. The van der Waals surface area contributed by atoms with Crippen molar-refractivity contribution in [1.29, 1.82) is 0 Å². The Hall–Kier alpha value is -4.01. The molecule has 0 aliphatic heterocycles. The van der Waals surface area contributed by atoms with Gasteiger partial charge in [0.2, 0.25) is 5.89 Å². The first-order chi connectivity index (χ1) is 20.1. The molecule has 0 fully saturated rings. The van der Waals surface area contributed by atoms with Crippen LogP contribution in [0.4, 0.5) is 0 Å². The Morgan fingerprint density at radius 1 is 0.800 bits per heavy atom. The van der Waals surface area contributed by atoms with Gasteiger partial charge in [-0.2, -0.15) is 0 Å². The maximum absolute atomic E-state index is 10.3. The quantitative estimate of drug-likeness (QED) is 0.204. The van der Waals surface area contributed by atoms with E-state index in [1.54, 1.807) is 48.5 Å². The first-order valence-corrected chi connectivity index (χ1v) is 10.3. The maximum atomic E-state index is 10.3. The summed E-state index contributed by atoms with van der Waals surface area (Å²) in [7, 11) is 0. The van der Waals surface area contributed by atoms with Crippen molar-refractivity contribution in [1.82, 2.24) is 9.97 Å². The van der Waals surface area contributed by atoms with Crippen LogP contribution in [-0.2, 0) is 21.1 Å². The van der Waals surface area contributed by atoms with Gasteiger partial charge in [-0.15, -0.1) is 29.8 Å². The smallest absolute Gasteiger partial charge is 0.230 e. The summed E-state index contributed by atoms with van der Waals surface area (Å²) in [5.74, 6) is -0.0417. The molecule has 4 nitrogen and oxygen atoms in total. The number of phenols is 1. The number of para-hydroxylation sites is 2. The standard InChI is InChI=1S/C30H19N2O2.Pt/c33-27-14-5-4-12-25(27)30-32-29-24(13-7-15-28(29)34-30)22-10-6-11-23(18-22)26-19-21(16-17-31-26)20-8-2-1-3-9-20;/h1-17,19,33H;/q-1;/i1D,2D,3D,7D,8D,9D,13D,15D;. The van der Waals surface area contributed by atoms with Gasteiger partial charge < -0.3 is 9.52 Å². The van der Waals surface area contributed by atoms with Gasteiger partial charge in [-0.3, -0.25) is 4.98 Å². The minimum Gasteiger partial charge on any atom is -0.507 e. The molecule has 2 heterocycles. The summed E-state index contributed by atoms with van der Waals surface area (Å²) in [6, 6.07) is 14.9. The second-order valence-electron chi connectivity index (χ2n) is 7.37. The molecule has 35 heavy (non-hydrogen) atoms. The van der Waals surface area contributed by atoms with Crippen LogP contribution in [0.3, 0.4) is 0 Å². The van der Waals surface area contributed by atoms with Crippen molar-refractivity contribution in [3.05, 3.63) is 115 Å². The molecule has 4 aromatic carbocycles. The van der Waals surface area contributed by atoms with Crippen LogP contribution in [-0.4, -0.2) is 15.1 Å². The largest absolute Gasteiger partial charge is 0.507 e. The van der Waals surface area contributed by atoms with Crippen molar-refractivity contribution in [2.45, 2.75) is 0 Å². The summed E-state index contributed by atoms with van der Waals surface area (Å²) in [6.07, 6.45) is 1.47. The van der Waals surface area contributed by atoms with Crippen LogP contribution >= 0.6 is 0 Å². The average molecular weight is 643 g/mol. The molecule has 2 aromatic heterocycles. The van der Waals surface area contributed by atoms with Gasteiger partial charge in [0, 0.05) is 33.0 Å². The molecule has 0 spiro atoms. The molecule has 0 bridgehead atoms. The Morgan fingerprint density at radius 3 is 2.49 bits per heavy atom. The van der Waals surface area contributed by atoms with Crippen molar-refractivity contribution >= 4 is 11.1 Å². The Balaban J connectivity index is 0.00000368. The van der Waals surface area contributed by atoms with Gasteiger partial charge in [-0.1, -0.05) is 71.6 Å². The molecule has 6 aromatic rings. The number of oxazole rings is 1. The van der Waals surface area contributed by atoms with Gasteiger partial charge in [-0.05, 0) is 35.4 Å². The number of fused-ring (bicyclic) bond motifs is 1. The van der Waals surface area contributed by atoms with Crippen LogP contribution in [0.15, 0.2) is 114 Å². The summed E-state index contributed by atoms with van der Waals surface area (Å²) < 4.78 is 71.8. The first-order valence-electron chi connectivity index (χ1n) is 14.3. The normalized spacial score (nSPS) is 13.9. The van der Waals surface area contributed by atoms with Crippen LogP contribution in [0.2, 0.25) is 0 Å². The third kappa shape index (κ3) is 4.41. The predicted molar refractivity (Wildman–Crippen MR) is 134 cm³/mol. The van der Waals surface area contributed by atoms with Crippen molar-refractivity contribution in [2.75, 3.05) is 0 Å². The summed E-state index contributed by atoms with van der Waals surface area (Å²) in [6.45, 7) is 0. The SMILES string of the molecule is [2H]c1c([2H])c([2H])c(-c2ccnc(-c3[c-]c(-c4c([2H])c([2H])c([2H])c5oc(-c6ccccc6O)nc45)ccc3)c2)c([2H])c1[2H].[Pt]. The van der Waals surface area contributed by atoms with E-state index in [2.05, 4.69) is 16.0 Å². The van der Waals surface area contributed by atoms with Gasteiger partial charge in [-0.25, -0.2) is 4.98 Å². The summed E-state index contributed by atoms with van der Waals surface area (Å²) in [5.41, 5.74) is 2.31. The van der Waals surface area contributed by atoms with Gasteiger partial charge in [0.25, 0.3) is 0 Å². The van der Waals surface area contributed by atoms with Gasteiger partial charge in [0.05, 0.1) is 22.0 Å². The molecule has 172 valence electrons. The second kappa shape index (κ2) is 9.69. The number of aromatic nitrogens is 2. The third-order valence-corrected chi connectivity index (χ3v) is 5.25. The number of hydrogen-bond acceptors (Lipinski definition) is 4. The first kappa shape index (κ1) is 15.1. The van der Waals surface area contributed by atoms with Crippen LogP contribution in [0.5, 0.6) is 5.75 Å². The van der Waals surface area contributed by atoms with E-state index in [-0.39, 0.29) is 85.1 Å². The molecule has 0 radical (unpaired) electrons. The fraction of sp³-hybridized carbons (Fsp3) is 0. The minimum atomic E-state index is -0.479. The van der Waals surface area contributed by atoms with Crippen LogP contribution in [0.25, 0.3) is 56.1 Å². The van der Waals surface area contributed by atoms with E-state index in [1.165, 1.54) is 12.3 Å². The molecule has 0 saturated carbocycles. The fourth-order valence-corrected chi connectivity index (χ4v) is 3.64. The molecule has 0 atom stereocenters. The second-order valence-corrected chi connectivity index (χ2v) is 7.37. The van der Waals surface area contributed by atoms with Gasteiger partial charge >= 0.3 is 0 Å². The zero-order chi connectivity index (χ0) is 29.9. The molecule has 0 aliphatic rings.